The van der Waals surface area contributed by atoms with Crippen molar-refractivity contribution < 1.29 is 14.3 Å². The fraction of sp³-hybridized carbons (Fsp3) is 0.400. The van der Waals surface area contributed by atoms with Gasteiger partial charge in [-0.05, 0) is 60.7 Å². The summed E-state index contributed by atoms with van der Waals surface area (Å²) in [6, 6.07) is 10.9. The highest BCUT2D eigenvalue weighted by atomic mass is 32.2. The van der Waals surface area contributed by atoms with Gasteiger partial charge in [0.15, 0.2) is 5.78 Å². The lowest BCUT2D eigenvalue weighted by Crippen LogP contribution is -2.42. The number of amides is 1. The second-order valence-electron chi connectivity index (χ2n) is 6.53. The summed E-state index contributed by atoms with van der Waals surface area (Å²) in [6.45, 7) is 0.0155. The maximum atomic E-state index is 12.5. The molecule has 1 amide bonds. The smallest absolute Gasteiger partial charge is 0.222 e. The highest BCUT2D eigenvalue weighted by Crippen LogP contribution is 2.36. The van der Waals surface area contributed by atoms with Gasteiger partial charge in [0.25, 0.3) is 0 Å². The zero-order valence-corrected chi connectivity index (χ0v) is 15.8. The number of nitrogens with zero attached hydrogens (tertiary/aromatic N) is 1. The van der Waals surface area contributed by atoms with Crippen molar-refractivity contribution in [3.05, 3.63) is 54.4 Å². The largest absolute Gasteiger partial charge is 0.497 e. The quantitative estimate of drug-likeness (QED) is 0.759. The lowest BCUT2D eigenvalue weighted by atomic mass is 9.87. The Kier molecular flexibility index (Phi) is 6.04. The minimum Gasteiger partial charge on any atom is -0.497 e. The van der Waals surface area contributed by atoms with E-state index in [9.17, 15) is 9.59 Å². The Balaban J connectivity index is 1.59. The van der Waals surface area contributed by atoms with E-state index in [1.54, 1.807) is 31.4 Å². The average Bonchev–Trinajstić information content (AvgIpc) is 3.22. The first kappa shape index (κ1) is 18.6. The molecule has 0 bridgehead atoms. The van der Waals surface area contributed by atoms with Gasteiger partial charge in [0.2, 0.25) is 5.91 Å². The van der Waals surface area contributed by atoms with E-state index < -0.39 is 0 Å². The molecule has 0 atom stereocenters. The molecule has 3 rings (SSSR count). The molecule has 0 aliphatic carbocycles. The lowest BCUT2D eigenvalue weighted by molar-refractivity contribution is -0.123. The van der Waals surface area contributed by atoms with Gasteiger partial charge in [-0.25, -0.2) is 0 Å². The van der Waals surface area contributed by atoms with E-state index >= 15 is 0 Å². The molecular formula is C20H24N2O3S. The highest BCUT2D eigenvalue weighted by molar-refractivity contribution is 7.99. The van der Waals surface area contributed by atoms with Gasteiger partial charge >= 0.3 is 0 Å². The van der Waals surface area contributed by atoms with Crippen molar-refractivity contribution in [1.82, 2.24) is 9.88 Å². The number of hydrogen-bond acceptors (Lipinski definition) is 4. The van der Waals surface area contributed by atoms with Crippen LogP contribution in [0.5, 0.6) is 5.75 Å². The fourth-order valence-electron chi connectivity index (χ4n) is 3.35. The molecular weight excluding hydrogens is 348 g/mol. The number of thioether (sulfide) groups is 1. The molecule has 6 heteroatoms. The van der Waals surface area contributed by atoms with Crippen molar-refractivity contribution in [3.63, 3.8) is 0 Å². The number of ether oxygens (including phenoxy) is 1. The first-order valence-electron chi connectivity index (χ1n) is 8.78. The monoisotopic (exact) mass is 372 g/mol. The number of nitrogens with one attached hydrogen (secondary N) is 1. The summed E-state index contributed by atoms with van der Waals surface area (Å²) >= 11 is 1.93. The van der Waals surface area contributed by atoms with E-state index in [-0.39, 0.29) is 23.8 Å². The topological polar surface area (TPSA) is 60.3 Å². The summed E-state index contributed by atoms with van der Waals surface area (Å²) in [5.74, 6) is 2.63. The Morgan fingerprint density at radius 2 is 1.81 bits per heavy atom. The molecule has 26 heavy (non-hydrogen) atoms. The van der Waals surface area contributed by atoms with E-state index in [0.29, 0.717) is 17.7 Å². The number of Topliss-reactive ketones (excluding diaryl/α,β-unsaturated/α-hetero) is 1. The molecule has 5 nitrogen and oxygen atoms in total. The van der Waals surface area contributed by atoms with Crippen LogP contribution in [-0.2, 0) is 10.3 Å². The SMILES string of the molecule is COc1ccc(C(=O)CNC(=O)CC2(n3cccc3)CCSCC2)cc1. The third-order valence-electron chi connectivity index (χ3n) is 4.92. The van der Waals surface area contributed by atoms with E-state index in [1.165, 1.54) is 0 Å². The summed E-state index contributed by atoms with van der Waals surface area (Å²) in [4.78, 5) is 24.8. The van der Waals surface area contributed by atoms with Gasteiger partial charge in [-0.2, -0.15) is 11.8 Å². The molecule has 0 radical (unpaired) electrons. The number of methoxy groups -OCH3 is 1. The highest BCUT2D eigenvalue weighted by Gasteiger charge is 2.35. The van der Waals surface area contributed by atoms with Crippen LogP contribution in [0.3, 0.4) is 0 Å². The van der Waals surface area contributed by atoms with Crippen LogP contribution in [0.15, 0.2) is 48.8 Å². The average molecular weight is 372 g/mol. The van der Waals surface area contributed by atoms with E-state index in [0.717, 1.165) is 24.3 Å². The zero-order chi connectivity index (χ0) is 18.4. The molecule has 1 N–H and O–H groups in total. The molecule has 1 aromatic carbocycles. The van der Waals surface area contributed by atoms with Gasteiger partial charge in [-0.3, -0.25) is 9.59 Å². The summed E-state index contributed by atoms with van der Waals surface area (Å²) in [5.41, 5.74) is 0.391. The standard InChI is InChI=1S/C20H24N2O3S/c1-25-17-6-4-16(5-7-17)18(23)15-21-19(24)14-20(8-12-26-13-9-20)22-10-2-3-11-22/h2-7,10-11H,8-9,12-15H2,1H3,(H,21,24). The van der Waals surface area contributed by atoms with Crippen molar-refractivity contribution in [2.24, 2.45) is 0 Å². The van der Waals surface area contributed by atoms with Crippen molar-refractivity contribution in [2.75, 3.05) is 25.2 Å². The van der Waals surface area contributed by atoms with Crippen LogP contribution in [0, 0.1) is 0 Å². The fourth-order valence-corrected chi connectivity index (χ4v) is 4.60. The third-order valence-corrected chi connectivity index (χ3v) is 5.91. The predicted molar refractivity (Wildman–Crippen MR) is 104 cm³/mol. The molecule has 2 heterocycles. The van der Waals surface area contributed by atoms with Gasteiger partial charge in [-0.15, -0.1) is 0 Å². The Bertz CT molecular complexity index is 735. The number of carbonyl (C=O) groups is 2. The molecule has 1 aliphatic rings. The number of aromatic nitrogens is 1. The Morgan fingerprint density at radius 3 is 2.42 bits per heavy atom. The second kappa shape index (κ2) is 8.45. The maximum Gasteiger partial charge on any atom is 0.222 e. The number of benzene rings is 1. The van der Waals surface area contributed by atoms with Crippen molar-refractivity contribution in [1.29, 1.82) is 0 Å². The molecule has 1 aromatic heterocycles. The summed E-state index contributed by atoms with van der Waals surface area (Å²) in [6.07, 6.45) is 6.40. The Morgan fingerprint density at radius 1 is 1.15 bits per heavy atom. The first-order valence-corrected chi connectivity index (χ1v) is 9.94. The maximum absolute atomic E-state index is 12.5. The molecule has 1 fully saturated rings. The van der Waals surface area contributed by atoms with Crippen LogP contribution in [0.2, 0.25) is 0 Å². The number of hydrogen-bond donors (Lipinski definition) is 1. The molecule has 0 spiro atoms. The normalized spacial score (nSPS) is 16.0. The van der Waals surface area contributed by atoms with Gasteiger partial charge in [0.1, 0.15) is 5.75 Å². The minimum absolute atomic E-state index is 0.0155. The molecule has 1 saturated heterocycles. The first-order chi connectivity index (χ1) is 12.6. The summed E-state index contributed by atoms with van der Waals surface area (Å²) < 4.78 is 7.26. The van der Waals surface area contributed by atoms with Crippen LogP contribution in [0.25, 0.3) is 0 Å². The number of carbonyl (C=O) groups excluding carboxylic acids is 2. The Hall–Kier alpha value is -2.21. The summed E-state index contributed by atoms with van der Waals surface area (Å²) in [7, 11) is 1.58. The van der Waals surface area contributed by atoms with E-state index in [4.69, 9.17) is 4.74 Å². The molecule has 0 unspecified atom stereocenters. The van der Waals surface area contributed by atoms with Crippen molar-refractivity contribution in [3.8, 4) is 5.75 Å². The van der Waals surface area contributed by atoms with Crippen molar-refractivity contribution in [2.45, 2.75) is 24.8 Å². The third kappa shape index (κ3) is 4.30. The molecule has 138 valence electrons. The minimum atomic E-state index is -0.179. The zero-order valence-electron chi connectivity index (χ0n) is 14.9. The molecule has 0 saturated carbocycles. The summed E-state index contributed by atoms with van der Waals surface area (Å²) in [5, 5.41) is 2.80. The number of ketones is 1. The number of rotatable bonds is 7. The molecule has 2 aromatic rings. The van der Waals surface area contributed by atoms with Crippen LogP contribution < -0.4 is 10.1 Å². The van der Waals surface area contributed by atoms with E-state index in [2.05, 4.69) is 9.88 Å². The van der Waals surface area contributed by atoms with Gasteiger partial charge in [0, 0.05) is 18.0 Å². The van der Waals surface area contributed by atoms with Crippen LogP contribution in [0.4, 0.5) is 0 Å². The van der Waals surface area contributed by atoms with Gasteiger partial charge < -0.3 is 14.6 Å². The van der Waals surface area contributed by atoms with Gasteiger partial charge in [0.05, 0.1) is 25.6 Å². The van der Waals surface area contributed by atoms with Gasteiger partial charge in [-0.1, -0.05) is 0 Å². The van der Waals surface area contributed by atoms with Crippen LogP contribution in [0.1, 0.15) is 29.6 Å². The molecule has 1 aliphatic heterocycles. The second-order valence-corrected chi connectivity index (χ2v) is 7.76. The van der Waals surface area contributed by atoms with Crippen LogP contribution in [-0.4, -0.2) is 41.4 Å². The van der Waals surface area contributed by atoms with Crippen LogP contribution >= 0.6 is 11.8 Å². The predicted octanol–water partition coefficient (Wildman–Crippen LogP) is 3.11. The van der Waals surface area contributed by atoms with Crippen molar-refractivity contribution >= 4 is 23.5 Å². The Labute approximate surface area is 158 Å². The lowest BCUT2D eigenvalue weighted by Gasteiger charge is -2.38. The van der Waals surface area contributed by atoms with E-state index in [1.807, 2.05) is 36.3 Å².